The van der Waals surface area contributed by atoms with Gasteiger partial charge in [-0.3, -0.25) is 4.79 Å². The van der Waals surface area contributed by atoms with Crippen molar-refractivity contribution in [1.82, 2.24) is 5.32 Å². The number of carbonyl (C=O) groups is 2. The van der Waals surface area contributed by atoms with Crippen LogP contribution >= 0.6 is 0 Å². The van der Waals surface area contributed by atoms with Crippen LogP contribution in [0.15, 0.2) is 42.5 Å². The molecule has 0 aliphatic heterocycles. The number of nitrogens with zero attached hydrogens (tertiary/aromatic N) is 1. The average Bonchev–Trinajstić information content (AvgIpc) is 2.57. The molecule has 1 atom stereocenters. The van der Waals surface area contributed by atoms with E-state index < -0.39 is 12.0 Å². The Hall–Kier alpha value is -2.87. The highest BCUT2D eigenvalue weighted by atomic mass is 16.5. The number of hydrogen-bond acceptors (Lipinski definition) is 4. The van der Waals surface area contributed by atoms with Gasteiger partial charge in [-0.15, -0.1) is 0 Å². The standard InChI is InChI=1S/C17H16N2O3/c1-22-17(21)15(10-5-11-18)19-16(20)14-9-4-7-12-6-2-3-8-13(12)14/h2-4,6-9,15H,5,10H2,1H3,(H,19,20)/t15-/m1/s1. The van der Waals surface area contributed by atoms with Crippen LogP contribution in [0.1, 0.15) is 23.2 Å². The number of amides is 1. The van der Waals surface area contributed by atoms with Gasteiger partial charge in [0.25, 0.3) is 5.91 Å². The third-order valence-electron chi connectivity index (χ3n) is 3.37. The van der Waals surface area contributed by atoms with E-state index in [0.717, 1.165) is 10.8 Å². The first-order chi connectivity index (χ1) is 10.7. The van der Waals surface area contributed by atoms with Crippen LogP contribution in [-0.4, -0.2) is 25.0 Å². The smallest absolute Gasteiger partial charge is 0.328 e. The van der Waals surface area contributed by atoms with Crippen LogP contribution in [0.4, 0.5) is 0 Å². The van der Waals surface area contributed by atoms with Gasteiger partial charge in [0.05, 0.1) is 13.2 Å². The van der Waals surface area contributed by atoms with Crippen molar-refractivity contribution >= 4 is 22.6 Å². The third-order valence-corrected chi connectivity index (χ3v) is 3.37. The van der Waals surface area contributed by atoms with Crippen molar-refractivity contribution in [2.75, 3.05) is 7.11 Å². The van der Waals surface area contributed by atoms with E-state index >= 15 is 0 Å². The molecule has 5 heteroatoms. The molecule has 0 bridgehead atoms. The quantitative estimate of drug-likeness (QED) is 0.859. The summed E-state index contributed by atoms with van der Waals surface area (Å²) in [5.41, 5.74) is 0.490. The van der Waals surface area contributed by atoms with Crippen LogP contribution < -0.4 is 5.32 Å². The fourth-order valence-electron chi connectivity index (χ4n) is 2.26. The summed E-state index contributed by atoms with van der Waals surface area (Å²) < 4.78 is 4.67. The number of benzene rings is 2. The molecule has 22 heavy (non-hydrogen) atoms. The van der Waals surface area contributed by atoms with Crippen LogP contribution in [0.2, 0.25) is 0 Å². The number of methoxy groups -OCH3 is 1. The molecule has 0 fully saturated rings. The molecule has 0 saturated carbocycles. The Balaban J connectivity index is 2.25. The van der Waals surface area contributed by atoms with Crippen LogP contribution in [0.5, 0.6) is 0 Å². The molecule has 0 aliphatic rings. The molecular formula is C17H16N2O3. The Morgan fingerprint density at radius 3 is 2.68 bits per heavy atom. The van der Waals surface area contributed by atoms with Gasteiger partial charge in [0.15, 0.2) is 0 Å². The van der Waals surface area contributed by atoms with Gasteiger partial charge in [0.1, 0.15) is 6.04 Å². The van der Waals surface area contributed by atoms with Gasteiger partial charge >= 0.3 is 5.97 Å². The minimum absolute atomic E-state index is 0.162. The molecule has 0 aromatic heterocycles. The van der Waals surface area contributed by atoms with Crippen LogP contribution in [0.25, 0.3) is 10.8 Å². The van der Waals surface area contributed by atoms with Crippen molar-refractivity contribution in [3.8, 4) is 6.07 Å². The maximum atomic E-state index is 12.5. The molecule has 1 amide bonds. The second-order valence-electron chi connectivity index (χ2n) is 4.77. The Morgan fingerprint density at radius 2 is 1.95 bits per heavy atom. The Bertz CT molecular complexity index is 729. The molecule has 2 rings (SSSR count). The fraction of sp³-hybridized carbons (Fsp3) is 0.235. The van der Waals surface area contributed by atoms with Crippen molar-refractivity contribution in [2.24, 2.45) is 0 Å². The molecule has 2 aromatic carbocycles. The van der Waals surface area contributed by atoms with Crippen LogP contribution in [-0.2, 0) is 9.53 Å². The van der Waals surface area contributed by atoms with Crippen molar-refractivity contribution in [2.45, 2.75) is 18.9 Å². The fourth-order valence-corrected chi connectivity index (χ4v) is 2.26. The monoisotopic (exact) mass is 296 g/mol. The SMILES string of the molecule is COC(=O)[C@@H](CCC#N)NC(=O)c1cccc2ccccc12. The maximum Gasteiger partial charge on any atom is 0.328 e. The van der Waals surface area contributed by atoms with E-state index in [1.54, 1.807) is 12.1 Å². The maximum absolute atomic E-state index is 12.5. The summed E-state index contributed by atoms with van der Waals surface area (Å²) in [6.07, 6.45) is 0.384. The van der Waals surface area contributed by atoms with Gasteiger partial charge in [-0.05, 0) is 23.3 Å². The van der Waals surface area contributed by atoms with Crippen molar-refractivity contribution in [3.63, 3.8) is 0 Å². The van der Waals surface area contributed by atoms with Crippen molar-refractivity contribution < 1.29 is 14.3 Å². The average molecular weight is 296 g/mol. The first kappa shape index (κ1) is 15.5. The number of hydrogen-bond donors (Lipinski definition) is 1. The number of nitrogens with one attached hydrogen (secondary N) is 1. The number of rotatable bonds is 5. The number of nitriles is 1. The van der Waals surface area contributed by atoms with Crippen molar-refractivity contribution in [3.05, 3.63) is 48.0 Å². The predicted molar refractivity (Wildman–Crippen MR) is 82.1 cm³/mol. The van der Waals surface area contributed by atoms with Gasteiger partial charge in [0.2, 0.25) is 0 Å². The summed E-state index contributed by atoms with van der Waals surface area (Å²) in [5, 5.41) is 13.1. The molecule has 0 unspecified atom stereocenters. The molecule has 0 saturated heterocycles. The van der Waals surface area contributed by atoms with Gasteiger partial charge < -0.3 is 10.1 Å². The van der Waals surface area contributed by atoms with E-state index in [2.05, 4.69) is 10.1 Å². The summed E-state index contributed by atoms with van der Waals surface area (Å²) in [4.78, 5) is 24.2. The van der Waals surface area contributed by atoms with E-state index in [1.165, 1.54) is 7.11 Å². The second kappa shape index (κ2) is 7.23. The van der Waals surface area contributed by atoms with Gasteiger partial charge in [-0.1, -0.05) is 36.4 Å². The van der Waals surface area contributed by atoms with E-state index in [1.807, 2.05) is 36.4 Å². The number of ether oxygens (including phenoxy) is 1. The number of fused-ring (bicyclic) bond motifs is 1. The molecule has 5 nitrogen and oxygen atoms in total. The third kappa shape index (κ3) is 3.41. The predicted octanol–water partition coefficient (Wildman–Crippen LogP) is 2.41. The molecule has 112 valence electrons. The topological polar surface area (TPSA) is 79.2 Å². The number of carbonyl (C=O) groups excluding carboxylic acids is 2. The first-order valence-electron chi connectivity index (χ1n) is 6.90. The minimum atomic E-state index is -0.823. The zero-order chi connectivity index (χ0) is 15.9. The Morgan fingerprint density at radius 1 is 1.23 bits per heavy atom. The first-order valence-corrected chi connectivity index (χ1v) is 6.90. The zero-order valence-electron chi connectivity index (χ0n) is 12.2. The lowest BCUT2D eigenvalue weighted by Gasteiger charge is -2.16. The minimum Gasteiger partial charge on any atom is -0.467 e. The van der Waals surface area contributed by atoms with Gasteiger partial charge in [-0.2, -0.15) is 5.26 Å². The molecular weight excluding hydrogens is 280 g/mol. The summed E-state index contributed by atoms with van der Waals surface area (Å²) >= 11 is 0. The van der Waals surface area contributed by atoms with Gasteiger partial charge in [-0.25, -0.2) is 4.79 Å². The lowest BCUT2D eigenvalue weighted by Crippen LogP contribution is -2.41. The molecule has 0 spiro atoms. The lowest BCUT2D eigenvalue weighted by atomic mass is 10.0. The molecule has 1 N–H and O–H groups in total. The van der Waals surface area contributed by atoms with E-state index in [-0.39, 0.29) is 18.7 Å². The molecule has 2 aromatic rings. The summed E-state index contributed by atoms with van der Waals surface area (Å²) in [6, 6.07) is 14.1. The lowest BCUT2D eigenvalue weighted by molar-refractivity contribution is -0.143. The Labute approximate surface area is 128 Å². The summed E-state index contributed by atoms with van der Waals surface area (Å²) in [5.74, 6) is -0.908. The second-order valence-corrected chi connectivity index (χ2v) is 4.77. The highest BCUT2D eigenvalue weighted by molar-refractivity contribution is 6.07. The highest BCUT2D eigenvalue weighted by Crippen LogP contribution is 2.18. The summed E-state index contributed by atoms with van der Waals surface area (Å²) in [7, 11) is 1.26. The largest absolute Gasteiger partial charge is 0.467 e. The Kier molecular flexibility index (Phi) is 5.10. The van der Waals surface area contributed by atoms with Crippen molar-refractivity contribution in [1.29, 1.82) is 5.26 Å². The van der Waals surface area contributed by atoms with Gasteiger partial charge in [0, 0.05) is 12.0 Å². The molecule has 0 aliphatic carbocycles. The molecule has 0 heterocycles. The van der Waals surface area contributed by atoms with Crippen LogP contribution in [0.3, 0.4) is 0 Å². The highest BCUT2D eigenvalue weighted by Gasteiger charge is 2.22. The summed E-state index contributed by atoms with van der Waals surface area (Å²) in [6.45, 7) is 0. The number of esters is 1. The van der Waals surface area contributed by atoms with E-state index in [4.69, 9.17) is 5.26 Å². The zero-order valence-corrected chi connectivity index (χ0v) is 12.2. The van der Waals surface area contributed by atoms with Crippen LogP contribution in [0, 0.1) is 11.3 Å². The molecule has 0 radical (unpaired) electrons. The van der Waals surface area contributed by atoms with E-state index in [0.29, 0.717) is 5.56 Å². The normalized spacial score (nSPS) is 11.5. The van der Waals surface area contributed by atoms with E-state index in [9.17, 15) is 9.59 Å².